The molecule has 0 saturated carbocycles. The molecule has 44 heavy (non-hydrogen) atoms. The maximum absolute atomic E-state index is 11.1. The summed E-state index contributed by atoms with van der Waals surface area (Å²) >= 11 is 0. The van der Waals surface area contributed by atoms with Gasteiger partial charge in [-0.25, -0.2) is 4.79 Å². The van der Waals surface area contributed by atoms with Crippen LogP contribution in [0.2, 0.25) is 0 Å². The number of carboxylic acids is 1. The van der Waals surface area contributed by atoms with Crippen molar-refractivity contribution in [3.8, 4) is 6.07 Å². The molecule has 1 N–H and O–H groups in total. The van der Waals surface area contributed by atoms with Crippen LogP contribution in [-0.2, 0) is 4.79 Å². The molecule has 0 bridgehead atoms. The molecule has 7 aromatic rings. The molecule has 7 rings (SSSR count). The van der Waals surface area contributed by atoms with Gasteiger partial charge >= 0.3 is 5.97 Å². The lowest BCUT2D eigenvalue weighted by molar-refractivity contribution is -0.132. The second-order valence-corrected chi connectivity index (χ2v) is 10.7. The fourth-order valence-electron chi connectivity index (χ4n) is 5.83. The van der Waals surface area contributed by atoms with Crippen LogP contribution in [0.1, 0.15) is 16.7 Å². The third kappa shape index (κ3) is 5.04. The van der Waals surface area contributed by atoms with Crippen LogP contribution >= 0.6 is 0 Å². The van der Waals surface area contributed by atoms with Gasteiger partial charge in [0.05, 0.1) is 0 Å². The van der Waals surface area contributed by atoms with Gasteiger partial charge < -0.3 is 10.0 Å². The molecule has 0 fully saturated rings. The van der Waals surface area contributed by atoms with Gasteiger partial charge in [-0.1, -0.05) is 109 Å². The molecule has 208 valence electrons. The monoisotopic (exact) mass is 566 g/mol. The van der Waals surface area contributed by atoms with Gasteiger partial charge in [-0.3, -0.25) is 0 Å². The summed E-state index contributed by atoms with van der Waals surface area (Å²) < 4.78 is 0. The molecule has 0 spiro atoms. The summed E-state index contributed by atoms with van der Waals surface area (Å²) in [6, 6.07) is 48.0. The van der Waals surface area contributed by atoms with E-state index in [0.717, 1.165) is 28.2 Å². The number of carbonyl (C=O) groups is 1. The first-order chi connectivity index (χ1) is 21.6. The minimum atomic E-state index is -1.23. The molecule has 0 aliphatic carbocycles. The smallest absolute Gasteiger partial charge is 0.346 e. The number of hydrogen-bond acceptors (Lipinski definition) is 3. The number of carboxylic acid groups (broad SMARTS) is 1. The molecule has 0 aliphatic heterocycles. The highest BCUT2D eigenvalue weighted by atomic mass is 16.4. The quantitative estimate of drug-likeness (QED) is 0.0902. The number of para-hydroxylation sites is 1. The number of rotatable bonds is 7. The molecular formula is C40H26N2O2. The van der Waals surface area contributed by atoms with E-state index in [1.54, 1.807) is 18.2 Å². The van der Waals surface area contributed by atoms with Gasteiger partial charge in [0.1, 0.15) is 11.6 Å². The maximum atomic E-state index is 11.1. The molecule has 0 aromatic heterocycles. The average Bonchev–Trinajstić information content (AvgIpc) is 3.06. The fraction of sp³-hybridized carbons (Fsp3) is 0. The minimum absolute atomic E-state index is 0.292. The van der Waals surface area contributed by atoms with Crippen LogP contribution in [0.15, 0.2) is 139 Å². The van der Waals surface area contributed by atoms with E-state index in [2.05, 4.69) is 108 Å². The van der Waals surface area contributed by atoms with Crippen molar-refractivity contribution in [3.05, 3.63) is 156 Å². The maximum Gasteiger partial charge on any atom is 0.346 e. The number of anilines is 3. The fourth-order valence-corrected chi connectivity index (χ4v) is 5.83. The Morgan fingerprint density at radius 1 is 0.568 bits per heavy atom. The summed E-state index contributed by atoms with van der Waals surface area (Å²) in [5.41, 5.74) is 5.64. The molecule has 7 aromatic carbocycles. The molecule has 0 unspecified atom stereocenters. The van der Waals surface area contributed by atoms with Gasteiger partial charge in [0, 0.05) is 17.1 Å². The van der Waals surface area contributed by atoms with Gasteiger partial charge in [-0.2, -0.15) is 5.26 Å². The third-order valence-corrected chi connectivity index (χ3v) is 7.94. The number of benzene rings is 7. The van der Waals surface area contributed by atoms with Crippen molar-refractivity contribution >= 4 is 73.6 Å². The Morgan fingerprint density at radius 2 is 1.07 bits per heavy atom. The Hall–Kier alpha value is -6.18. The minimum Gasteiger partial charge on any atom is -0.477 e. The Balaban J connectivity index is 1.22. The molecule has 0 aliphatic rings. The van der Waals surface area contributed by atoms with Crippen LogP contribution in [0.4, 0.5) is 17.1 Å². The molecule has 0 atom stereocenters. The lowest BCUT2D eigenvalue weighted by atomic mass is 9.93. The van der Waals surface area contributed by atoms with Crippen LogP contribution in [0.5, 0.6) is 0 Å². The van der Waals surface area contributed by atoms with Crippen molar-refractivity contribution in [1.29, 1.82) is 5.26 Å². The highest BCUT2D eigenvalue weighted by Crippen LogP contribution is 2.41. The van der Waals surface area contributed by atoms with E-state index in [-0.39, 0.29) is 5.57 Å². The van der Waals surface area contributed by atoms with Crippen LogP contribution in [0.3, 0.4) is 0 Å². The van der Waals surface area contributed by atoms with Crippen molar-refractivity contribution in [3.63, 3.8) is 0 Å². The van der Waals surface area contributed by atoms with Gasteiger partial charge in [-0.15, -0.1) is 0 Å². The SMILES string of the molecule is N#CC(=Cc1ccc(C=Cc2ccc(N(c3ccccc3)c3cc4ccc5cccc6ccc(c3)c4c56)cc2)cc1)C(=O)O. The van der Waals surface area contributed by atoms with Crippen LogP contribution in [-0.4, -0.2) is 11.1 Å². The molecule has 4 heteroatoms. The third-order valence-electron chi connectivity index (χ3n) is 7.94. The largest absolute Gasteiger partial charge is 0.477 e. The molecule has 0 amide bonds. The van der Waals surface area contributed by atoms with Gasteiger partial charge in [0.2, 0.25) is 0 Å². The Morgan fingerprint density at radius 3 is 1.64 bits per heavy atom. The lowest BCUT2D eigenvalue weighted by Crippen LogP contribution is -2.09. The highest BCUT2D eigenvalue weighted by molar-refractivity contribution is 6.23. The Labute approximate surface area is 255 Å². The second-order valence-electron chi connectivity index (χ2n) is 10.7. The summed E-state index contributed by atoms with van der Waals surface area (Å²) in [5.74, 6) is -1.23. The van der Waals surface area contributed by atoms with E-state index < -0.39 is 5.97 Å². The van der Waals surface area contributed by atoms with E-state index in [1.165, 1.54) is 38.4 Å². The lowest BCUT2D eigenvalue weighted by Gasteiger charge is -2.26. The van der Waals surface area contributed by atoms with E-state index >= 15 is 0 Å². The Bertz CT molecular complexity index is 2180. The molecule has 0 saturated heterocycles. The molecular weight excluding hydrogens is 540 g/mol. The first-order valence-electron chi connectivity index (χ1n) is 14.3. The van der Waals surface area contributed by atoms with E-state index in [4.69, 9.17) is 10.4 Å². The number of nitriles is 1. The predicted molar refractivity (Wildman–Crippen MR) is 181 cm³/mol. The molecule has 0 radical (unpaired) electrons. The van der Waals surface area contributed by atoms with Crippen LogP contribution < -0.4 is 4.90 Å². The van der Waals surface area contributed by atoms with Gasteiger partial charge in [0.25, 0.3) is 0 Å². The normalized spacial score (nSPS) is 11.8. The summed E-state index contributed by atoms with van der Waals surface area (Å²) in [4.78, 5) is 13.4. The predicted octanol–water partition coefficient (Wildman–Crippen LogP) is 10.2. The first kappa shape index (κ1) is 26.7. The van der Waals surface area contributed by atoms with Crippen molar-refractivity contribution in [2.75, 3.05) is 4.90 Å². The van der Waals surface area contributed by atoms with E-state index in [9.17, 15) is 4.79 Å². The van der Waals surface area contributed by atoms with Crippen molar-refractivity contribution in [1.82, 2.24) is 0 Å². The highest BCUT2D eigenvalue weighted by Gasteiger charge is 2.16. The molecule has 0 heterocycles. The van der Waals surface area contributed by atoms with Gasteiger partial charge in [0.15, 0.2) is 0 Å². The zero-order chi connectivity index (χ0) is 30.0. The number of hydrogen-bond donors (Lipinski definition) is 1. The molecule has 4 nitrogen and oxygen atoms in total. The summed E-state index contributed by atoms with van der Waals surface area (Å²) in [6.07, 6.45) is 5.43. The average molecular weight is 567 g/mol. The van der Waals surface area contributed by atoms with Crippen LogP contribution in [0.25, 0.3) is 50.5 Å². The number of nitrogens with zero attached hydrogens (tertiary/aromatic N) is 2. The van der Waals surface area contributed by atoms with E-state index in [0.29, 0.717) is 5.56 Å². The number of aliphatic carboxylic acids is 1. The summed E-state index contributed by atoms with van der Waals surface area (Å²) in [7, 11) is 0. The zero-order valence-corrected chi connectivity index (χ0v) is 23.7. The second kappa shape index (κ2) is 11.2. The summed E-state index contributed by atoms with van der Waals surface area (Å²) in [6.45, 7) is 0. The zero-order valence-electron chi connectivity index (χ0n) is 23.7. The van der Waals surface area contributed by atoms with Crippen LogP contribution in [0, 0.1) is 11.3 Å². The summed E-state index contributed by atoms with van der Waals surface area (Å²) in [5, 5.41) is 25.6. The Kier molecular flexibility index (Phi) is 6.82. The van der Waals surface area contributed by atoms with Gasteiger partial charge in [-0.05, 0) is 91.5 Å². The first-order valence-corrected chi connectivity index (χ1v) is 14.3. The topological polar surface area (TPSA) is 64.3 Å². The standard InChI is InChI=1S/C40H26N2O2/c41-26-34(40(43)44)23-29-13-11-27(12-14-29)9-10-28-15-21-36(22-16-28)42(35-7-2-1-3-8-35)37-24-32-19-17-30-5-4-6-31-18-20-33(25-37)39(32)38(30)31/h1-25H,(H,43,44). The van der Waals surface area contributed by atoms with Crippen molar-refractivity contribution in [2.45, 2.75) is 0 Å². The van der Waals surface area contributed by atoms with Crippen molar-refractivity contribution < 1.29 is 9.90 Å². The van der Waals surface area contributed by atoms with E-state index in [1.807, 2.05) is 30.4 Å². The van der Waals surface area contributed by atoms with Crippen molar-refractivity contribution in [2.24, 2.45) is 0 Å².